The van der Waals surface area contributed by atoms with Crippen molar-refractivity contribution in [2.45, 2.75) is 38.8 Å². The molecule has 10 aromatic rings. The van der Waals surface area contributed by atoms with E-state index in [0.717, 1.165) is 60.3 Å². The summed E-state index contributed by atoms with van der Waals surface area (Å²) in [4.78, 5) is 92.6. The Balaban J connectivity index is 0.000000182. The van der Waals surface area contributed by atoms with Crippen molar-refractivity contribution in [3.05, 3.63) is 221 Å². The van der Waals surface area contributed by atoms with Crippen molar-refractivity contribution >= 4 is 68.2 Å². The lowest BCUT2D eigenvalue weighted by atomic mass is 10.1. The highest BCUT2D eigenvalue weighted by Crippen LogP contribution is 2.36. The number of aromatic nitrogens is 6. The fourth-order valence-electron chi connectivity index (χ4n) is 8.14. The molecule has 20 heteroatoms. The number of carboxylic acids is 1. The predicted molar refractivity (Wildman–Crippen MR) is 272 cm³/mol. The fraction of sp³-hybridized carbons (Fsp3) is 0.111. The third kappa shape index (κ3) is 11.0. The third-order valence-electron chi connectivity index (χ3n) is 12.0. The Morgan fingerprint density at radius 2 is 1.03 bits per heavy atom. The number of rotatable bonds is 16. The van der Waals surface area contributed by atoms with Gasteiger partial charge in [0.25, 0.3) is 11.1 Å². The van der Waals surface area contributed by atoms with E-state index in [9.17, 15) is 51.4 Å². The van der Waals surface area contributed by atoms with Crippen LogP contribution >= 0.6 is 22.7 Å². The standard InChI is InChI=1S/C27H20F2N4O3S.C27H19F2N3O4S/c28-21-6-3-15(10-22(21)29)14-33-9-1-2-18(27(33)36)23(34)7-4-17-5-8-24(37-17)20-13-32-26-19(20)11-16(12-31-26)25(30)35;28-21-6-3-15(10-22(21)29)14-32-9-1-2-18(26(32)34)23(33)7-4-17-5-8-24(37-17)20-13-31-25-19(20)11-16(12-30-25)27(35)36/h1-3,5-6,8-13H,4,7,14H2,(H2,30,35)(H,31,32);1-3,5-6,8-13H,4,7,14H2,(H,30,31)(H,35,36). The van der Waals surface area contributed by atoms with Gasteiger partial charge >= 0.3 is 5.97 Å². The van der Waals surface area contributed by atoms with Gasteiger partial charge in [0.15, 0.2) is 34.8 Å². The van der Waals surface area contributed by atoms with E-state index < -0.39 is 46.3 Å². The number of carbonyl (C=O) groups is 4. The van der Waals surface area contributed by atoms with Crippen molar-refractivity contribution < 1.29 is 41.8 Å². The van der Waals surface area contributed by atoms with Crippen LogP contribution in [0.4, 0.5) is 17.6 Å². The van der Waals surface area contributed by atoms with Crippen LogP contribution in [0.25, 0.3) is 42.9 Å². The molecule has 0 aliphatic heterocycles. The molecule has 0 spiro atoms. The number of hydrogen-bond acceptors (Lipinski definition) is 10. The molecule has 8 aromatic heterocycles. The molecule has 0 saturated heterocycles. The zero-order valence-corrected chi connectivity index (χ0v) is 40.2. The van der Waals surface area contributed by atoms with Crippen LogP contribution in [-0.2, 0) is 25.9 Å². The van der Waals surface area contributed by atoms with E-state index in [2.05, 4.69) is 19.9 Å². The van der Waals surface area contributed by atoms with Crippen LogP contribution in [0.3, 0.4) is 0 Å². The Morgan fingerprint density at radius 3 is 1.46 bits per heavy atom. The second kappa shape index (κ2) is 21.5. The summed E-state index contributed by atoms with van der Waals surface area (Å²) in [6.45, 7) is 0.0247. The van der Waals surface area contributed by atoms with Crippen LogP contribution in [0.2, 0.25) is 0 Å². The molecule has 2 aromatic carbocycles. The maximum Gasteiger partial charge on any atom is 0.337 e. The largest absolute Gasteiger partial charge is 0.478 e. The number of fused-ring (bicyclic) bond motifs is 2. The second-order valence-corrected chi connectivity index (χ2v) is 19.2. The van der Waals surface area contributed by atoms with Gasteiger partial charge in [-0.2, -0.15) is 0 Å². The molecule has 8 heterocycles. The Kier molecular flexibility index (Phi) is 14.5. The van der Waals surface area contributed by atoms with Gasteiger partial charge in [-0.1, -0.05) is 12.1 Å². The summed E-state index contributed by atoms with van der Waals surface area (Å²) in [5.41, 5.74) is 8.59. The first-order chi connectivity index (χ1) is 35.6. The van der Waals surface area contributed by atoms with Crippen molar-refractivity contribution in [1.29, 1.82) is 0 Å². The average Bonchev–Trinajstić information content (AvgIpc) is 4.23. The van der Waals surface area contributed by atoms with E-state index >= 15 is 0 Å². The van der Waals surface area contributed by atoms with Gasteiger partial charge in [0.05, 0.1) is 35.3 Å². The molecule has 0 unspecified atom stereocenters. The molecule has 5 N–H and O–H groups in total. The molecule has 0 aliphatic carbocycles. The molecular formula is C54H39F4N7O7S2. The summed E-state index contributed by atoms with van der Waals surface area (Å²) in [7, 11) is 0. The zero-order chi connectivity index (χ0) is 52.2. The molecule has 10 rings (SSSR count). The first-order valence-corrected chi connectivity index (χ1v) is 24.2. The maximum absolute atomic E-state index is 13.5. The molecule has 1 amide bonds. The van der Waals surface area contributed by atoms with Gasteiger partial charge < -0.3 is 29.9 Å². The smallest absolute Gasteiger partial charge is 0.337 e. The number of thiophene rings is 2. The van der Waals surface area contributed by atoms with Crippen molar-refractivity contribution in [2.75, 3.05) is 0 Å². The van der Waals surface area contributed by atoms with Crippen molar-refractivity contribution in [2.24, 2.45) is 5.73 Å². The average molecular weight is 1040 g/mol. The lowest BCUT2D eigenvalue weighted by Gasteiger charge is -2.08. The van der Waals surface area contributed by atoms with Crippen LogP contribution in [0.15, 0.2) is 144 Å². The number of nitrogens with one attached hydrogen (secondary N) is 2. The first-order valence-electron chi connectivity index (χ1n) is 22.6. The predicted octanol–water partition coefficient (Wildman–Crippen LogP) is 9.99. The number of nitrogens with zero attached hydrogens (tertiary/aromatic N) is 4. The molecule has 0 saturated carbocycles. The number of halogens is 4. The van der Waals surface area contributed by atoms with E-state index in [1.165, 1.54) is 80.9 Å². The summed E-state index contributed by atoms with van der Waals surface area (Å²) in [5, 5.41) is 10.7. The number of aryl methyl sites for hydroxylation is 2. The molecule has 0 bridgehead atoms. The summed E-state index contributed by atoms with van der Waals surface area (Å²) < 4.78 is 56.0. The molecule has 0 aliphatic rings. The number of H-pyrrole nitrogens is 2. The first kappa shape index (κ1) is 50.1. The zero-order valence-electron chi connectivity index (χ0n) is 38.5. The molecule has 0 radical (unpaired) electrons. The van der Waals surface area contributed by atoms with Crippen LogP contribution in [0, 0.1) is 23.3 Å². The highest BCUT2D eigenvalue weighted by atomic mass is 32.1. The minimum Gasteiger partial charge on any atom is -0.478 e. The van der Waals surface area contributed by atoms with Gasteiger partial charge in [-0.3, -0.25) is 24.0 Å². The Morgan fingerprint density at radius 1 is 0.581 bits per heavy atom. The molecule has 0 atom stereocenters. The Labute approximate surface area is 424 Å². The number of amides is 1. The minimum absolute atomic E-state index is 0.00844. The minimum atomic E-state index is -1.06. The number of benzene rings is 2. The van der Waals surface area contributed by atoms with Crippen LogP contribution in [-0.4, -0.2) is 57.6 Å². The van der Waals surface area contributed by atoms with E-state index in [-0.39, 0.29) is 54.2 Å². The van der Waals surface area contributed by atoms with E-state index in [1.807, 2.05) is 30.5 Å². The van der Waals surface area contributed by atoms with Gasteiger partial charge in [0, 0.05) is 91.4 Å². The SMILES string of the molecule is NC(=O)c1cnc2[nH]cc(-c3ccc(CCC(=O)c4cccn(Cc5ccc(F)c(F)c5)c4=O)s3)c2c1.O=C(O)c1cnc2[nH]cc(-c3ccc(CCC(=O)c4cccn(Cc5ccc(F)c(F)c5)c4=O)s3)c2c1. The second-order valence-electron chi connectivity index (χ2n) is 16.9. The highest BCUT2D eigenvalue weighted by molar-refractivity contribution is 7.16. The van der Waals surface area contributed by atoms with Crippen molar-refractivity contribution in [1.82, 2.24) is 29.1 Å². The number of aromatic amines is 2. The van der Waals surface area contributed by atoms with Crippen molar-refractivity contribution in [3.63, 3.8) is 0 Å². The highest BCUT2D eigenvalue weighted by Gasteiger charge is 2.19. The summed E-state index contributed by atoms with van der Waals surface area (Å²) >= 11 is 2.97. The number of carboxylic acid groups (broad SMARTS) is 1. The van der Waals surface area contributed by atoms with E-state index in [4.69, 9.17) is 5.73 Å². The monoisotopic (exact) mass is 1040 g/mol. The quantitative estimate of drug-likeness (QED) is 0.0534. The van der Waals surface area contributed by atoms with Crippen LogP contribution in [0.5, 0.6) is 0 Å². The lowest BCUT2D eigenvalue weighted by Crippen LogP contribution is -2.26. The number of aromatic carboxylic acids is 1. The normalized spacial score (nSPS) is 11.2. The number of primary amides is 1. The van der Waals surface area contributed by atoms with Gasteiger partial charge in [-0.05, 0) is 109 Å². The summed E-state index contributed by atoms with van der Waals surface area (Å²) in [5.74, 6) is -6.17. The van der Waals surface area contributed by atoms with Gasteiger partial charge in [-0.25, -0.2) is 32.3 Å². The fourth-order valence-corrected chi connectivity index (χ4v) is 10.2. The molecule has 74 heavy (non-hydrogen) atoms. The molecular weight excluding hydrogens is 999 g/mol. The van der Waals surface area contributed by atoms with Crippen LogP contribution < -0.4 is 16.9 Å². The van der Waals surface area contributed by atoms with E-state index in [1.54, 1.807) is 30.5 Å². The number of nitrogens with two attached hydrogens (primary N) is 1. The topological polar surface area (TPSA) is 216 Å². The number of carbonyl (C=O) groups excluding carboxylic acids is 3. The van der Waals surface area contributed by atoms with Crippen molar-refractivity contribution in [3.8, 4) is 20.9 Å². The number of pyridine rings is 4. The third-order valence-corrected chi connectivity index (χ3v) is 14.3. The maximum atomic E-state index is 13.5. The molecule has 14 nitrogen and oxygen atoms in total. The Hall–Kier alpha value is -8.88. The number of ketones is 2. The molecule has 0 fully saturated rings. The number of hydrogen-bond donors (Lipinski definition) is 4. The Bertz CT molecular complexity index is 3690. The van der Waals surface area contributed by atoms with Crippen LogP contribution in [0.1, 0.15) is 75.2 Å². The van der Waals surface area contributed by atoms with E-state index in [0.29, 0.717) is 46.2 Å². The molecule has 372 valence electrons. The number of Topliss-reactive ketones (excluding diaryl/α,β-unsaturated/α-hetero) is 2. The van der Waals surface area contributed by atoms with Gasteiger partial charge in [-0.15, -0.1) is 22.7 Å². The summed E-state index contributed by atoms with van der Waals surface area (Å²) in [6.07, 6.45) is 10.4. The van der Waals surface area contributed by atoms with Gasteiger partial charge in [0.1, 0.15) is 11.3 Å². The van der Waals surface area contributed by atoms with Gasteiger partial charge in [0.2, 0.25) is 5.91 Å². The lowest BCUT2D eigenvalue weighted by molar-refractivity contribution is 0.0695. The summed E-state index contributed by atoms with van der Waals surface area (Å²) in [6, 6.07) is 23.9.